The number of carboxylic acid groups (broad SMARTS) is 2. The van der Waals surface area contributed by atoms with Gasteiger partial charge in [0.15, 0.2) is 0 Å². The van der Waals surface area contributed by atoms with Gasteiger partial charge in [0.05, 0.1) is 5.92 Å². The van der Waals surface area contributed by atoms with Crippen LogP contribution in [-0.2, 0) is 9.59 Å². The SMILES string of the molecule is NC1(C(=O)O)CC(NC(=O)c2cccc(Cl)c2)C2C(C(=O)O)C21. The van der Waals surface area contributed by atoms with E-state index in [9.17, 15) is 24.6 Å². The Morgan fingerprint density at radius 1 is 1.30 bits per heavy atom. The summed E-state index contributed by atoms with van der Waals surface area (Å²) >= 11 is 5.84. The van der Waals surface area contributed by atoms with Crippen LogP contribution in [0.1, 0.15) is 16.8 Å². The molecular weight excluding hydrogens is 324 g/mol. The average Bonchev–Trinajstić information content (AvgIpc) is 3.16. The van der Waals surface area contributed by atoms with Crippen LogP contribution < -0.4 is 11.1 Å². The van der Waals surface area contributed by atoms with Crippen molar-refractivity contribution in [2.24, 2.45) is 23.5 Å². The third kappa shape index (κ3) is 2.46. The second-order valence-corrected chi connectivity index (χ2v) is 6.54. The highest BCUT2D eigenvalue weighted by molar-refractivity contribution is 6.30. The number of hydrogen-bond donors (Lipinski definition) is 4. The third-order valence-corrected chi connectivity index (χ3v) is 5.01. The Kier molecular flexibility index (Phi) is 3.57. The van der Waals surface area contributed by atoms with E-state index in [-0.39, 0.29) is 6.42 Å². The van der Waals surface area contributed by atoms with E-state index in [1.165, 1.54) is 6.07 Å². The number of carbonyl (C=O) groups excluding carboxylic acids is 1. The van der Waals surface area contributed by atoms with Crippen molar-refractivity contribution in [3.8, 4) is 0 Å². The molecule has 0 aliphatic heterocycles. The molecule has 0 saturated heterocycles. The number of carbonyl (C=O) groups is 3. The maximum Gasteiger partial charge on any atom is 0.324 e. The number of aliphatic carboxylic acids is 2. The Hall–Kier alpha value is -2.12. The van der Waals surface area contributed by atoms with Crippen LogP contribution in [0.3, 0.4) is 0 Å². The van der Waals surface area contributed by atoms with Gasteiger partial charge in [-0.05, 0) is 30.5 Å². The fourth-order valence-corrected chi connectivity index (χ4v) is 3.90. The van der Waals surface area contributed by atoms with Crippen LogP contribution in [0.5, 0.6) is 0 Å². The molecule has 1 aromatic carbocycles. The molecule has 3 rings (SSSR count). The summed E-state index contributed by atoms with van der Waals surface area (Å²) in [5.41, 5.74) is 4.61. The fraction of sp³-hybridized carbons (Fsp3) is 0.400. The minimum Gasteiger partial charge on any atom is -0.481 e. The van der Waals surface area contributed by atoms with Crippen molar-refractivity contribution >= 4 is 29.4 Å². The Morgan fingerprint density at radius 3 is 2.57 bits per heavy atom. The number of halogens is 1. The van der Waals surface area contributed by atoms with Crippen molar-refractivity contribution in [3.63, 3.8) is 0 Å². The van der Waals surface area contributed by atoms with Gasteiger partial charge in [0.25, 0.3) is 5.91 Å². The van der Waals surface area contributed by atoms with Crippen LogP contribution in [-0.4, -0.2) is 39.6 Å². The highest BCUT2D eigenvalue weighted by atomic mass is 35.5. The van der Waals surface area contributed by atoms with E-state index in [0.29, 0.717) is 10.6 Å². The summed E-state index contributed by atoms with van der Waals surface area (Å²) in [6, 6.07) is 5.71. The lowest BCUT2D eigenvalue weighted by molar-refractivity contribution is -0.145. The van der Waals surface area contributed by atoms with Crippen LogP contribution in [0.15, 0.2) is 24.3 Å². The highest BCUT2D eigenvalue weighted by Gasteiger charge is 2.74. The number of rotatable bonds is 4. The van der Waals surface area contributed by atoms with Crippen molar-refractivity contribution in [2.45, 2.75) is 18.0 Å². The lowest BCUT2D eigenvalue weighted by atomic mass is 9.90. The van der Waals surface area contributed by atoms with Gasteiger partial charge in [-0.3, -0.25) is 14.4 Å². The summed E-state index contributed by atoms with van der Waals surface area (Å²) < 4.78 is 0. The summed E-state index contributed by atoms with van der Waals surface area (Å²) in [4.78, 5) is 34.9. The quantitative estimate of drug-likeness (QED) is 0.635. The molecule has 7 nitrogen and oxygen atoms in total. The summed E-state index contributed by atoms with van der Waals surface area (Å²) in [5.74, 6) is -4.72. The lowest BCUT2D eigenvalue weighted by Gasteiger charge is -2.25. The summed E-state index contributed by atoms with van der Waals surface area (Å²) in [6.45, 7) is 0. The zero-order valence-electron chi connectivity index (χ0n) is 11.9. The number of hydrogen-bond acceptors (Lipinski definition) is 4. The standard InChI is InChI=1S/C15H15ClN2O5/c16-7-3-1-2-6(4-7)12(19)18-8-5-15(17,14(22)23)11-9(8)10(11)13(20)21/h1-4,8-11H,5,17H2,(H,18,19)(H,20,21)(H,22,23). The van der Waals surface area contributed by atoms with Crippen LogP contribution in [0, 0.1) is 17.8 Å². The highest BCUT2D eigenvalue weighted by Crippen LogP contribution is 2.61. The van der Waals surface area contributed by atoms with E-state index >= 15 is 0 Å². The molecule has 2 aliphatic carbocycles. The predicted octanol–water partition coefficient (Wildman–Crippen LogP) is 0.571. The number of carboxylic acids is 2. The van der Waals surface area contributed by atoms with E-state index in [4.69, 9.17) is 17.3 Å². The van der Waals surface area contributed by atoms with Crippen LogP contribution in [0.4, 0.5) is 0 Å². The van der Waals surface area contributed by atoms with Crippen LogP contribution in [0.2, 0.25) is 5.02 Å². The number of nitrogens with one attached hydrogen (secondary N) is 1. The Morgan fingerprint density at radius 2 is 2.00 bits per heavy atom. The Bertz CT molecular complexity index is 709. The molecule has 0 radical (unpaired) electrons. The fourth-order valence-electron chi connectivity index (χ4n) is 3.71. The zero-order chi connectivity index (χ0) is 16.9. The molecule has 0 bridgehead atoms. The predicted molar refractivity (Wildman–Crippen MR) is 80.0 cm³/mol. The molecule has 5 unspecified atom stereocenters. The first-order chi connectivity index (χ1) is 10.8. The van der Waals surface area contributed by atoms with Gasteiger partial charge in [0, 0.05) is 22.5 Å². The molecular formula is C15H15ClN2O5. The molecule has 0 aromatic heterocycles. The minimum atomic E-state index is -1.62. The summed E-state index contributed by atoms with van der Waals surface area (Å²) in [7, 11) is 0. The van der Waals surface area contributed by atoms with E-state index < -0.39 is 47.2 Å². The van der Waals surface area contributed by atoms with Gasteiger partial charge in [-0.15, -0.1) is 0 Å². The molecule has 1 aromatic rings. The first-order valence-electron chi connectivity index (χ1n) is 7.07. The molecule has 23 heavy (non-hydrogen) atoms. The van der Waals surface area contributed by atoms with E-state index in [2.05, 4.69) is 5.32 Å². The van der Waals surface area contributed by atoms with E-state index in [1.807, 2.05) is 0 Å². The van der Waals surface area contributed by atoms with Crippen molar-refractivity contribution in [3.05, 3.63) is 34.9 Å². The maximum atomic E-state index is 12.3. The molecule has 8 heteroatoms. The maximum absolute atomic E-state index is 12.3. The van der Waals surface area contributed by atoms with E-state index in [0.717, 1.165) is 0 Å². The second-order valence-electron chi connectivity index (χ2n) is 6.11. The molecule has 2 saturated carbocycles. The Labute approximate surface area is 136 Å². The molecule has 122 valence electrons. The average molecular weight is 339 g/mol. The first kappa shape index (κ1) is 15.8. The summed E-state index contributed by atoms with van der Waals surface area (Å²) in [5, 5.41) is 21.6. The molecule has 2 aliphatic rings. The first-order valence-corrected chi connectivity index (χ1v) is 7.45. The minimum absolute atomic E-state index is 0.00769. The Balaban J connectivity index is 1.80. The molecule has 0 spiro atoms. The number of nitrogens with two attached hydrogens (primary N) is 1. The van der Waals surface area contributed by atoms with Gasteiger partial charge >= 0.3 is 11.9 Å². The number of benzene rings is 1. The normalized spacial score (nSPS) is 34.5. The summed E-state index contributed by atoms with van der Waals surface area (Å²) in [6.07, 6.45) is 0.00769. The number of fused-ring (bicyclic) bond motifs is 1. The van der Waals surface area contributed by atoms with Crippen molar-refractivity contribution in [1.82, 2.24) is 5.32 Å². The smallest absolute Gasteiger partial charge is 0.324 e. The van der Waals surface area contributed by atoms with Gasteiger partial charge in [-0.2, -0.15) is 0 Å². The molecule has 5 N–H and O–H groups in total. The van der Waals surface area contributed by atoms with Crippen molar-refractivity contribution in [1.29, 1.82) is 0 Å². The second kappa shape index (κ2) is 5.21. The van der Waals surface area contributed by atoms with Gasteiger partial charge in [0.1, 0.15) is 5.54 Å². The van der Waals surface area contributed by atoms with Crippen molar-refractivity contribution in [2.75, 3.05) is 0 Å². The third-order valence-electron chi connectivity index (χ3n) is 4.78. The van der Waals surface area contributed by atoms with Crippen LogP contribution >= 0.6 is 11.6 Å². The number of amides is 1. The monoisotopic (exact) mass is 338 g/mol. The van der Waals surface area contributed by atoms with Crippen LogP contribution in [0.25, 0.3) is 0 Å². The topological polar surface area (TPSA) is 130 Å². The lowest BCUT2D eigenvalue weighted by Crippen LogP contribution is -2.52. The van der Waals surface area contributed by atoms with Crippen molar-refractivity contribution < 1.29 is 24.6 Å². The van der Waals surface area contributed by atoms with Gasteiger partial charge < -0.3 is 21.3 Å². The molecule has 0 heterocycles. The largest absolute Gasteiger partial charge is 0.481 e. The van der Waals surface area contributed by atoms with Gasteiger partial charge in [-0.25, -0.2) is 0 Å². The molecule has 5 atom stereocenters. The molecule has 2 fully saturated rings. The van der Waals surface area contributed by atoms with Gasteiger partial charge in [-0.1, -0.05) is 17.7 Å². The van der Waals surface area contributed by atoms with Gasteiger partial charge in [0.2, 0.25) is 0 Å². The van der Waals surface area contributed by atoms with E-state index in [1.54, 1.807) is 18.2 Å². The molecule has 1 amide bonds. The zero-order valence-corrected chi connectivity index (χ0v) is 12.7.